The summed E-state index contributed by atoms with van der Waals surface area (Å²) in [5.74, 6) is -0.759. The van der Waals surface area contributed by atoms with E-state index in [1.54, 1.807) is 43.3 Å². The molecule has 2 rings (SSSR count). The molecule has 0 heterocycles. The lowest BCUT2D eigenvalue weighted by molar-refractivity contribution is 0.102. The fraction of sp³-hybridized carbons (Fsp3) is 0.0714. The van der Waals surface area contributed by atoms with Gasteiger partial charge in [-0.1, -0.05) is 22.0 Å². The molecule has 4 heteroatoms. The van der Waals surface area contributed by atoms with Gasteiger partial charge in [0.15, 0.2) is 0 Å². The number of carbonyl (C=O) groups excluding carboxylic acids is 1. The second-order valence-corrected chi connectivity index (χ2v) is 4.86. The van der Waals surface area contributed by atoms with Crippen LogP contribution in [0.3, 0.4) is 0 Å². The number of hydrogen-bond acceptors (Lipinski definition) is 1. The molecule has 18 heavy (non-hydrogen) atoms. The van der Waals surface area contributed by atoms with Crippen LogP contribution in [0.5, 0.6) is 0 Å². The third kappa shape index (κ3) is 2.96. The highest BCUT2D eigenvalue weighted by molar-refractivity contribution is 9.10. The number of benzene rings is 2. The molecule has 0 unspecified atom stereocenters. The van der Waals surface area contributed by atoms with E-state index in [2.05, 4.69) is 21.2 Å². The van der Waals surface area contributed by atoms with E-state index in [0.717, 1.165) is 10.0 Å². The Morgan fingerprint density at radius 2 is 1.83 bits per heavy atom. The molecule has 0 aliphatic carbocycles. The molecule has 1 amide bonds. The van der Waals surface area contributed by atoms with Gasteiger partial charge in [0.2, 0.25) is 0 Å². The molecule has 0 saturated carbocycles. The Balaban J connectivity index is 2.18. The number of halogens is 2. The van der Waals surface area contributed by atoms with Crippen LogP contribution in [0.2, 0.25) is 0 Å². The molecule has 0 radical (unpaired) electrons. The molecule has 1 N–H and O–H groups in total. The Hall–Kier alpha value is -1.68. The van der Waals surface area contributed by atoms with Crippen molar-refractivity contribution in [3.8, 4) is 0 Å². The third-order valence-corrected chi connectivity index (χ3v) is 3.01. The summed E-state index contributed by atoms with van der Waals surface area (Å²) >= 11 is 3.29. The topological polar surface area (TPSA) is 29.1 Å². The van der Waals surface area contributed by atoms with Crippen molar-refractivity contribution in [2.45, 2.75) is 6.92 Å². The number of aryl methyl sites for hydroxylation is 1. The zero-order valence-corrected chi connectivity index (χ0v) is 11.3. The molecule has 2 aromatic carbocycles. The summed E-state index contributed by atoms with van der Waals surface area (Å²) in [6.45, 7) is 1.80. The van der Waals surface area contributed by atoms with Crippen molar-refractivity contribution < 1.29 is 9.18 Å². The molecule has 0 aliphatic rings. The van der Waals surface area contributed by atoms with Crippen LogP contribution >= 0.6 is 15.9 Å². The van der Waals surface area contributed by atoms with E-state index in [4.69, 9.17) is 0 Å². The van der Waals surface area contributed by atoms with Crippen molar-refractivity contribution in [1.82, 2.24) is 0 Å². The predicted molar refractivity (Wildman–Crippen MR) is 73.2 cm³/mol. The maximum atomic E-state index is 13.6. The first-order valence-electron chi connectivity index (χ1n) is 5.39. The summed E-state index contributed by atoms with van der Waals surface area (Å²) in [5, 5.41) is 2.54. The van der Waals surface area contributed by atoms with Gasteiger partial charge >= 0.3 is 0 Å². The number of nitrogens with one attached hydrogen (secondary N) is 1. The van der Waals surface area contributed by atoms with Crippen LogP contribution in [-0.2, 0) is 0 Å². The molecular weight excluding hydrogens is 297 g/mol. The van der Waals surface area contributed by atoms with E-state index in [1.165, 1.54) is 6.07 Å². The second kappa shape index (κ2) is 5.31. The molecule has 0 fully saturated rings. The quantitative estimate of drug-likeness (QED) is 0.887. The van der Waals surface area contributed by atoms with Crippen LogP contribution in [0.25, 0.3) is 0 Å². The fourth-order valence-electron chi connectivity index (χ4n) is 1.52. The van der Waals surface area contributed by atoms with E-state index in [-0.39, 0.29) is 11.6 Å². The summed E-state index contributed by atoms with van der Waals surface area (Å²) in [5.41, 5.74) is 1.49. The van der Waals surface area contributed by atoms with Crippen molar-refractivity contribution in [2.24, 2.45) is 0 Å². The third-order valence-electron chi connectivity index (χ3n) is 2.48. The molecular formula is C14H11BrFNO. The zero-order chi connectivity index (χ0) is 13.1. The highest BCUT2D eigenvalue weighted by Crippen LogP contribution is 2.17. The Bertz CT molecular complexity index is 581. The van der Waals surface area contributed by atoms with Gasteiger partial charge in [-0.3, -0.25) is 4.79 Å². The second-order valence-electron chi connectivity index (χ2n) is 3.94. The van der Waals surface area contributed by atoms with Gasteiger partial charge in [0.05, 0.1) is 5.69 Å². The summed E-state index contributed by atoms with van der Waals surface area (Å²) in [6, 6.07) is 11.6. The minimum absolute atomic E-state index is 0.188. The van der Waals surface area contributed by atoms with E-state index in [0.29, 0.717) is 5.56 Å². The van der Waals surface area contributed by atoms with Gasteiger partial charge in [-0.2, -0.15) is 0 Å². The Morgan fingerprint density at radius 1 is 1.17 bits per heavy atom. The minimum atomic E-state index is -0.430. The standard InChI is InChI=1S/C14H11BrFNO/c1-9-2-7-13(12(16)8-9)17-14(18)10-3-5-11(15)6-4-10/h2-8H,1H3,(H,17,18). The summed E-state index contributed by atoms with van der Waals surface area (Å²) in [4.78, 5) is 11.9. The molecule has 92 valence electrons. The van der Waals surface area contributed by atoms with Crippen LogP contribution in [0, 0.1) is 12.7 Å². The first kappa shape index (κ1) is 12.8. The minimum Gasteiger partial charge on any atom is -0.319 e. The van der Waals surface area contributed by atoms with E-state index in [1.807, 2.05) is 0 Å². The zero-order valence-electron chi connectivity index (χ0n) is 9.71. The smallest absolute Gasteiger partial charge is 0.255 e. The largest absolute Gasteiger partial charge is 0.319 e. The Labute approximate surface area is 113 Å². The van der Waals surface area contributed by atoms with Crippen LogP contribution in [0.4, 0.5) is 10.1 Å². The highest BCUT2D eigenvalue weighted by atomic mass is 79.9. The maximum absolute atomic E-state index is 13.6. The fourth-order valence-corrected chi connectivity index (χ4v) is 1.78. The van der Waals surface area contributed by atoms with Gasteiger partial charge in [0, 0.05) is 10.0 Å². The number of amides is 1. The van der Waals surface area contributed by atoms with E-state index < -0.39 is 5.82 Å². The Kier molecular flexibility index (Phi) is 3.77. The number of rotatable bonds is 2. The molecule has 0 aliphatic heterocycles. The van der Waals surface area contributed by atoms with Crippen molar-refractivity contribution in [3.05, 3.63) is 63.9 Å². The van der Waals surface area contributed by atoms with Crippen molar-refractivity contribution in [3.63, 3.8) is 0 Å². The normalized spacial score (nSPS) is 10.2. The van der Waals surface area contributed by atoms with Crippen LogP contribution in [-0.4, -0.2) is 5.91 Å². The summed E-state index contributed by atoms with van der Waals surface area (Å²) in [7, 11) is 0. The van der Waals surface area contributed by atoms with E-state index >= 15 is 0 Å². The van der Waals surface area contributed by atoms with Crippen molar-refractivity contribution >= 4 is 27.5 Å². The molecule has 2 aromatic rings. The molecule has 0 aromatic heterocycles. The lowest BCUT2D eigenvalue weighted by atomic mass is 10.2. The number of carbonyl (C=O) groups is 1. The molecule has 0 bridgehead atoms. The van der Waals surface area contributed by atoms with Crippen LogP contribution < -0.4 is 5.32 Å². The number of anilines is 1. The van der Waals surface area contributed by atoms with Crippen LogP contribution in [0.15, 0.2) is 46.9 Å². The first-order chi connectivity index (χ1) is 8.56. The lowest BCUT2D eigenvalue weighted by Crippen LogP contribution is -2.12. The van der Waals surface area contributed by atoms with Gasteiger partial charge in [-0.25, -0.2) is 4.39 Å². The molecule has 0 atom stereocenters. The predicted octanol–water partition coefficient (Wildman–Crippen LogP) is 4.15. The monoisotopic (exact) mass is 307 g/mol. The summed E-state index contributed by atoms with van der Waals surface area (Å²) in [6.07, 6.45) is 0. The molecule has 0 spiro atoms. The lowest BCUT2D eigenvalue weighted by Gasteiger charge is -2.07. The SMILES string of the molecule is Cc1ccc(NC(=O)c2ccc(Br)cc2)c(F)c1. The average Bonchev–Trinajstić information content (AvgIpc) is 2.33. The number of hydrogen-bond donors (Lipinski definition) is 1. The molecule has 2 nitrogen and oxygen atoms in total. The van der Waals surface area contributed by atoms with Crippen molar-refractivity contribution in [1.29, 1.82) is 0 Å². The van der Waals surface area contributed by atoms with Gasteiger partial charge in [-0.05, 0) is 48.9 Å². The first-order valence-corrected chi connectivity index (χ1v) is 6.18. The highest BCUT2D eigenvalue weighted by Gasteiger charge is 2.09. The maximum Gasteiger partial charge on any atom is 0.255 e. The van der Waals surface area contributed by atoms with Crippen LogP contribution in [0.1, 0.15) is 15.9 Å². The van der Waals surface area contributed by atoms with E-state index in [9.17, 15) is 9.18 Å². The summed E-state index contributed by atoms with van der Waals surface area (Å²) < 4.78 is 14.5. The van der Waals surface area contributed by atoms with Gasteiger partial charge < -0.3 is 5.32 Å². The Morgan fingerprint density at radius 3 is 2.44 bits per heavy atom. The van der Waals surface area contributed by atoms with Gasteiger partial charge in [0.1, 0.15) is 5.82 Å². The molecule has 0 saturated heterocycles. The van der Waals surface area contributed by atoms with Crippen molar-refractivity contribution in [2.75, 3.05) is 5.32 Å². The van der Waals surface area contributed by atoms with Gasteiger partial charge in [0.25, 0.3) is 5.91 Å². The van der Waals surface area contributed by atoms with Gasteiger partial charge in [-0.15, -0.1) is 0 Å². The average molecular weight is 308 g/mol.